The molecule has 0 saturated carbocycles. The minimum atomic E-state index is 0.108. The van der Waals surface area contributed by atoms with Crippen molar-refractivity contribution in [3.05, 3.63) is 41.7 Å². The molecule has 0 fully saturated rings. The zero-order valence-electron chi connectivity index (χ0n) is 10.3. The summed E-state index contributed by atoms with van der Waals surface area (Å²) in [7, 11) is 0. The molecule has 0 atom stereocenters. The van der Waals surface area contributed by atoms with E-state index in [1.54, 1.807) is 16.0 Å². The summed E-state index contributed by atoms with van der Waals surface area (Å²) in [5, 5.41) is 16.4. The van der Waals surface area contributed by atoms with Gasteiger partial charge >= 0.3 is 0 Å². The van der Waals surface area contributed by atoms with E-state index in [0.717, 1.165) is 23.3 Å². The van der Waals surface area contributed by atoms with E-state index in [2.05, 4.69) is 21.5 Å². The van der Waals surface area contributed by atoms with Gasteiger partial charge in [0.25, 0.3) is 0 Å². The molecule has 2 N–H and O–H groups in total. The predicted octanol–water partition coefficient (Wildman–Crippen LogP) is 2.10. The van der Waals surface area contributed by atoms with Gasteiger partial charge in [0, 0.05) is 24.0 Å². The molecule has 0 spiro atoms. The van der Waals surface area contributed by atoms with Crippen molar-refractivity contribution in [1.82, 2.24) is 14.8 Å². The molecule has 98 valence electrons. The van der Waals surface area contributed by atoms with Gasteiger partial charge in [0.2, 0.25) is 0 Å². The summed E-state index contributed by atoms with van der Waals surface area (Å²) in [6.45, 7) is 1.36. The summed E-state index contributed by atoms with van der Waals surface area (Å²) in [6.07, 6.45) is 3.75. The number of hydrogen-bond acceptors (Lipinski definition) is 5. The van der Waals surface area contributed by atoms with Gasteiger partial charge in [-0.05, 0) is 18.2 Å². The lowest BCUT2D eigenvalue weighted by Crippen LogP contribution is -2.02. The quantitative estimate of drug-likeness (QED) is 0.748. The Morgan fingerprint density at radius 3 is 3.21 bits per heavy atom. The fourth-order valence-electron chi connectivity index (χ4n) is 1.89. The average molecular weight is 274 g/mol. The van der Waals surface area contributed by atoms with Gasteiger partial charge in [0.05, 0.1) is 35.1 Å². The molecule has 0 unspecified atom stereocenters. The average Bonchev–Trinajstić information content (AvgIpc) is 3.04. The number of fused-ring (bicyclic) bond motifs is 1. The third-order valence-corrected chi connectivity index (χ3v) is 3.64. The van der Waals surface area contributed by atoms with Crippen molar-refractivity contribution in [1.29, 1.82) is 0 Å². The highest BCUT2D eigenvalue weighted by Crippen LogP contribution is 2.22. The highest BCUT2D eigenvalue weighted by atomic mass is 32.1. The number of aliphatic hydroxyl groups is 1. The number of hydrogen-bond donors (Lipinski definition) is 2. The number of nitrogens with one attached hydrogen (secondary N) is 1. The van der Waals surface area contributed by atoms with Crippen LogP contribution in [0.1, 0.15) is 5.56 Å². The summed E-state index contributed by atoms with van der Waals surface area (Å²) in [6, 6.07) is 6.15. The predicted molar refractivity (Wildman–Crippen MR) is 76.3 cm³/mol. The largest absolute Gasteiger partial charge is 0.394 e. The summed E-state index contributed by atoms with van der Waals surface area (Å²) in [5.41, 5.74) is 5.06. The first-order valence-electron chi connectivity index (χ1n) is 6.04. The second kappa shape index (κ2) is 5.38. The standard InChI is InChI=1S/C13H14N4OS/c18-4-3-17-8-10(7-16-17)6-14-11-1-2-12-13(5-11)19-9-15-12/h1-2,5,7-9,14,18H,3-4,6H2. The van der Waals surface area contributed by atoms with Gasteiger partial charge < -0.3 is 10.4 Å². The van der Waals surface area contributed by atoms with E-state index in [9.17, 15) is 0 Å². The second-order valence-electron chi connectivity index (χ2n) is 4.22. The first-order chi connectivity index (χ1) is 9.35. The van der Waals surface area contributed by atoms with Gasteiger partial charge in [0.15, 0.2) is 0 Å². The van der Waals surface area contributed by atoms with Crippen LogP contribution in [0.4, 0.5) is 5.69 Å². The fraction of sp³-hybridized carbons (Fsp3) is 0.231. The van der Waals surface area contributed by atoms with Crippen LogP contribution in [-0.2, 0) is 13.1 Å². The lowest BCUT2D eigenvalue weighted by atomic mass is 10.3. The summed E-state index contributed by atoms with van der Waals surface area (Å²) in [5.74, 6) is 0. The SMILES string of the molecule is OCCn1cc(CNc2ccc3ncsc3c2)cn1. The van der Waals surface area contributed by atoms with Crippen molar-refractivity contribution in [2.45, 2.75) is 13.1 Å². The van der Waals surface area contributed by atoms with Crippen molar-refractivity contribution in [2.75, 3.05) is 11.9 Å². The van der Waals surface area contributed by atoms with Gasteiger partial charge in [-0.15, -0.1) is 11.3 Å². The molecule has 3 aromatic rings. The molecule has 0 radical (unpaired) electrons. The Bertz CT molecular complexity index is 676. The molecule has 0 saturated heterocycles. The van der Waals surface area contributed by atoms with Crippen LogP contribution in [-0.4, -0.2) is 26.5 Å². The molecule has 19 heavy (non-hydrogen) atoms. The molecule has 3 rings (SSSR count). The zero-order chi connectivity index (χ0) is 13.1. The normalized spacial score (nSPS) is 11.0. The third-order valence-electron chi connectivity index (χ3n) is 2.84. The topological polar surface area (TPSA) is 63.0 Å². The summed E-state index contributed by atoms with van der Waals surface area (Å²) >= 11 is 1.64. The number of aliphatic hydroxyl groups excluding tert-OH is 1. The van der Waals surface area contributed by atoms with Gasteiger partial charge in [-0.25, -0.2) is 4.98 Å². The highest BCUT2D eigenvalue weighted by Gasteiger charge is 2.01. The molecule has 0 amide bonds. The number of anilines is 1. The van der Waals surface area contributed by atoms with Crippen molar-refractivity contribution >= 4 is 27.2 Å². The van der Waals surface area contributed by atoms with Crippen LogP contribution < -0.4 is 5.32 Å². The highest BCUT2D eigenvalue weighted by molar-refractivity contribution is 7.16. The van der Waals surface area contributed by atoms with E-state index < -0.39 is 0 Å². The molecular weight excluding hydrogens is 260 g/mol. The number of nitrogens with zero attached hydrogens (tertiary/aromatic N) is 3. The second-order valence-corrected chi connectivity index (χ2v) is 5.11. The zero-order valence-corrected chi connectivity index (χ0v) is 11.1. The smallest absolute Gasteiger partial charge is 0.0813 e. The first-order valence-corrected chi connectivity index (χ1v) is 6.92. The van der Waals surface area contributed by atoms with Gasteiger partial charge in [0.1, 0.15) is 0 Å². The molecule has 0 aliphatic rings. The number of benzene rings is 1. The van der Waals surface area contributed by atoms with Crippen LogP contribution in [0.15, 0.2) is 36.1 Å². The van der Waals surface area contributed by atoms with Gasteiger partial charge in [-0.2, -0.15) is 5.10 Å². The van der Waals surface area contributed by atoms with Gasteiger partial charge in [-0.3, -0.25) is 4.68 Å². The number of aromatic nitrogens is 3. The Labute approximate surface area is 114 Å². The minimum absolute atomic E-state index is 0.108. The molecule has 0 bridgehead atoms. The van der Waals surface area contributed by atoms with Crippen molar-refractivity contribution < 1.29 is 5.11 Å². The van der Waals surface area contributed by atoms with Crippen molar-refractivity contribution in [3.8, 4) is 0 Å². The van der Waals surface area contributed by atoms with E-state index in [0.29, 0.717) is 6.54 Å². The lowest BCUT2D eigenvalue weighted by Gasteiger charge is -2.04. The van der Waals surface area contributed by atoms with Crippen molar-refractivity contribution in [2.24, 2.45) is 0 Å². The molecule has 2 aromatic heterocycles. The Balaban J connectivity index is 1.67. The molecule has 1 aromatic carbocycles. The third kappa shape index (κ3) is 2.74. The Morgan fingerprint density at radius 1 is 1.37 bits per heavy atom. The van der Waals surface area contributed by atoms with E-state index in [4.69, 9.17) is 5.11 Å². The molecule has 2 heterocycles. The molecule has 0 aliphatic heterocycles. The van der Waals surface area contributed by atoms with Crippen LogP contribution in [0.5, 0.6) is 0 Å². The van der Waals surface area contributed by atoms with E-state index >= 15 is 0 Å². The Hall–Kier alpha value is -1.92. The lowest BCUT2D eigenvalue weighted by molar-refractivity contribution is 0.269. The van der Waals surface area contributed by atoms with Crippen molar-refractivity contribution in [3.63, 3.8) is 0 Å². The van der Waals surface area contributed by atoms with Crippen LogP contribution in [0.3, 0.4) is 0 Å². The van der Waals surface area contributed by atoms with Crippen LogP contribution in [0.2, 0.25) is 0 Å². The number of rotatable bonds is 5. The van der Waals surface area contributed by atoms with Crippen LogP contribution in [0.25, 0.3) is 10.2 Å². The first kappa shape index (κ1) is 12.1. The summed E-state index contributed by atoms with van der Waals surface area (Å²) in [4.78, 5) is 4.26. The molecular formula is C13H14N4OS. The number of thiazole rings is 1. The van der Waals surface area contributed by atoms with Crippen LogP contribution >= 0.6 is 11.3 Å². The van der Waals surface area contributed by atoms with Crippen LogP contribution in [0, 0.1) is 0 Å². The maximum atomic E-state index is 8.84. The molecule has 6 heteroatoms. The van der Waals surface area contributed by atoms with E-state index in [-0.39, 0.29) is 6.61 Å². The minimum Gasteiger partial charge on any atom is -0.394 e. The summed E-state index contributed by atoms with van der Waals surface area (Å²) < 4.78 is 2.92. The Morgan fingerprint density at radius 2 is 2.32 bits per heavy atom. The Kier molecular flexibility index (Phi) is 3.43. The van der Waals surface area contributed by atoms with E-state index in [1.165, 1.54) is 4.70 Å². The maximum Gasteiger partial charge on any atom is 0.0813 e. The molecule has 0 aliphatic carbocycles. The maximum absolute atomic E-state index is 8.84. The van der Waals surface area contributed by atoms with Gasteiger partial charge in [-0.1, -0.05) is 0 Å². The fourth-order valence-corrected chi connectivity index (χ4v) is 2.61. The molecule has 5 nitrogen and oxygen atoms in total. The monoisotopic (exact) mass is 274 g/mol. The van der Waals surface area contributed by atoms with E-state index in [1.807, 2.05) is 30.0 Å².